The lowest BCUT2D eigenvalue weighted by Gasteiger charge is -2.23. The summed E-state index contributed by atoms with van der Waals surface area (Å²) in [5.41, 5.74) is -2.22. The predicted molar refractivity (Wildman–Crippen MR) is 67.0 cm³/mol. The molecule has 2 N–H and O–H groups in total. The second kappa shape index (κ2) is 5.92. The van der Waals surface area contributed by atoms with Gasteiger partial charge in [-0.2, -0.15) is 0 Å². The van der Waals surface area contributed by atoms with Gasteiger partial charge in [0.15, 0.2) is 11.6 Å². The van der Waals surface area contributed by atoms with Gasteiger partial charge < -0.3 is 10.4 Å². The van der Waals surface area contributed by atoms with Gasteiger partial charge in [0.2, 0.25) is 0 Å². The van der Waals surface area contributed by atoms with E-state index in [1.165, 1.54) is 0 Å². The Morgan fingerprint density at radius 1 is 1.42 bits per heavy atom. The fraction of sp³-hybridized carbons (Fsp3) is 0.500. The number of benzene rings is 1. The predicted octanol–water partition coefficient (Wildman–Crippen LogP) is 2.84. The van der Waals surface area contributed by atoms with Crippen molar-refractivity contribution in [1.82, 2.24) is 0 Å². The highest BCUT2D eigenvalue weighted by atomic mass is 19.1. The molecule has 0 heterocycles. The smallest absolute Gasteiger partial charge is 0.275 e. The number of nitro groups is 1. The van der Waals surface area contributed by atoms with E-state index in [-0.39, 0.29) is 6.54 Å². The molecule has 19 heavy (non-hydrogen) atoms. The average Bonchev–Trinajstić information content (AvgIpc) is 2.27. The first kappa shape index (κ1) is 15.3. The Bertz CT molecular complexity index is 455. The number of rotatable bonds is 6. The van der Waals surface area contributed by atoms with Crippen LogP contribution in [0.25, 0.3) is 0 Å². The van der Waals surface area contributed by atoms with Crippen molar-refractivity contribution in [2.75, 3.05) is 11.9 Å². The molecule has 1 aromatic carbocycles. The molecule has 1 atom stereocenters. The molecular formula is C12H16F2N2O3. The third kappa shape index (κ3) is 4.13. The van der Waals surface area contributed by atoms with E-state index in [1.54, 1.807) is 6.92 Å². The van der Waals surface area contributed by atoms with Crippen molar-refractivity contribution in [3.8, 4) is 0 Å². The van der Waals surface area contributed by atoms with Crippen LogP contribution in [0.2, 0.25) is 0 Å². The highest BCUT2D eigenvalue weighted by Crippen LogP contribution is 2.25. The summed E-state index contributed by atoms with van der Waals surface area (Å²) in [5, 5.41) is 22.8. The van der Waals surface area contributed by atoms with Gasteiger partial charge >= 0.3 is 0 Å². The van der Waals surface area contributed by atoms with Crippen LogP contribution in [0, 0.1) is 21.7 Å². The van der Waals surface area contributed by atoms with Crippen molar-refractivity contribution in [2.45, 2.75) is 32.3 Å². The van der Waals surface area contributed by atoms with Gasteiger partial charge in [-0.1, -0.05) is 13.3 Å². The topological polar surface area (TPSA) is 75.4 Å². The summed E-state index contributed by atoms with van der Waals surface area (Å²) < 4.78 is 27.1. The Morgan fingerprint density at radius 3 is 2.37 bits per heavy atom. The molecule has 5 nitrogen and oxygen atoms in total. The quantitative estimate of drug-likeness (QED) is 0.618. The van der Waals surface area contributed by atoms with Crippen LogP contribution in [0.4, 0.5) is 20.2 Å². The summed E-state index contributed by atoms with van der Waals surface area (Å²) in [6, 6.07) is 1.28. The fourth-order valence-electron chi connectivity index (χ4n) is 1.74. The molecule has 0 fully saturated rings. The van der Waals surface area contributed by atoms with Crippen molar-refractivity contribution in [3.05, 3.63) is 33.9 Å². The number of nitrogens with one attached hydrogen (secondary N) is 1. The zero-order valence-electron chi connectivity index (χ0n) is 10.7. The summed E-state index contributed by atoms with van der Waals surface area (Å²) in [5.74, 6) is -2.11. The molecule has 1 rings (SSSR count). The van der Waals surface area contributed by atoms with Gasteiger partial charge in [0.25, 0.3) is 5.69 Å². The van der Waals surface area contributed by atoms with Gasteiger partial charge in [0.1, 0.15) is 5.69 Å². The summed E-state index contributed by atoms with van der Waals surface area (Å²) in [7, 11) is 0. The maximum absolute atomic E-state index is 13.5. The highest BCUT2D eigenvalue weighted by molar-refractivity contribution is 5.51. The highest BCUT2D eigenvalue weighted by Gasteiger charge is 2.22. The van der Waals surface area contributed by atoms with E-state index in [2.05, 4.69) is 5.32 Å². The van der Waals surface area contributed by atoms with Crippen molar-refractivity contribution in [1.29, 1.82) is 0 Å². The second-order valence-electron chi connectivity index (χ2n) is 4.64. The average molecular weight is 274 g/mol. The Morgan fingerprint density at radius 2 is 1.95 bits per heavy atom. The largest absolute Gasteiger partial charge is 0.388 e. The van der Waals surface area contributed by atoms with Gasteiger partial charge in [-0.25, -0.2) is 8.78 Å². The Labute approximate surface area is 109 Å². The van der Waals surface area contributed by atoms with Crippen LogP contribution in [0.1, 0.15) is 26.7 Å². The first-order valence-electron chi connectivity index (χ1n) is 5.86. The third-order valence-electron chi connectivity index (χ3n) is 2.67. The van der Waals surface area contributed by atoms with E-state index in [4.69, 9.17) is 0 Å². The van der Waals surface area contributed by atoms with Crippen molar-refractivity contribution in [2.24, 2.45) is 0 Å². The lowest BCUT2D eigenvalue weighted by Crippen LogP contribution is -2.33. The maximum Gasteiger partial charge on any atom is 0.275 e. The monoisotopic (exact) mass is 274 g/mol. The molecule has 0 aromatic heterocycles. The number of halogens is 2. The van der Waals surface area contributed by atoms with Crippen LogP contribution < -0.4 is 5.32 Å². The zero-order valence-corrected chi connectivity index (χ0v) is 10.7. The van der Waals surface area contributed by atoms with Crippen molar-refractivity contribution >= 4 is 11.4 Å². The Balaban J connectivity index is 2.88. The van der Waals surface area contributed by atoms with E-state index in [1.807, 2.05) is 6.92 Å². The minimum absolute atomic E-state index is 0.0491. The zero-order chi connectivity index (χ0) is 14.6. The SMILES string of the molecule is CCCC(C)(O)CNc1c(F)cc([N+](=O)[O-])cc1F. The van der Waals surface area contributed by atoms with Crippen LogP contribution in [-0.2, 0) is 0 Å². The van der Waals surface area contributed by atoms with E-state index in [0.717, 1.165) is 6.42 Å². The molecule has 0 saturated carbocycles. The number of nitro benzene ring substituents is 1. The Kier molecular flexibility index (Phi) is 4.77. The molecule has 7 heteroatoms. The molecule has 0 bridgehead atoms. The molecule has 0 aliphatic carbocycles. The molecule has 0 saturated heterocycles. The molecule has 0 spiro atoms. The molecule has 0 aliphatic rings. The summed E-state index contributed by atoms with van der Waals surface area (Å²) in [6.45, 7) is 3.37. The number of anilines is 1. The second-order valence-corrected chi connectivity index (χ2v) is 4.64. The maximum atomic E-state index is 13.5. The van der Waals surface area contributed by atoms with Crippen LogP contribution in [0.15, 0.2) is 12.1 Å². The van der Waals surface area contributed by atoms with E-state index < -0.39 is 33.5 Å². The van der Waals surface area contributed by atoms with Crippen molar-refractivity contribution in [3.63, 3.8) is 0 Å². The van der Waals surface area contributed by atoms with Crippen LogP contribution in [0.5, 0.6) is 0 Å². The lowest BCUT2D eigenvalue weighted by molar-refractivity contribution is -0.385. The summed E-state index contributed by atoms with van der Waals surface area (Å²) in [6.07, 6.45) is 1.19. The van der Waals surface area contributed by atoms with E-state index in [0.29, 0.717) is 18.6 Å². The van der Waals surface area contributed by atoms with Crippen molar-refractivity contribution < 1.29 is 18.8 Å². The molecule has 0 radical (unpaired) electrons. The molecule has 0 aliphatic heterocycles. The number of nitrogens with zero attached hydrogens (tertiary/aromatic N) is 1. The van der Waals surface area contributed by atoms with E-state index >= 15 is 0 Å². The number of non-ortho nitro benzene ring substituents is 1. The summed E-state index contributed by atoms with van der Waals surface area (Å²) >= 11 is 0. The minimum atomic E-state index is -1.10. The Hall–Kier alpha value is -1.76. The van der Waals surface area contributed by atoms with Crippen LogP contribution in [-0.4, -0.2) is 22.2 Å². The standard InChI is InChI=1S/C12H16F2N2O3/c1-3-4-12(2,17)7-15-11-9(13)5-8(16(18)19)6-10(11)14/h5-6,15,17H,3-4,7H2,1-2H3. The minimum Gasteiger partial charge on any atom is -0.388 e. The normalized spacial score (nSPS) is 13.9. The molecule has 1 unspecified atom stereocenters. The van der Waals surface area contributed by atoms with Gasteiger partial charge in [-0.05, 0) is 13.3 Å². The van der Waals surface area contributed by atoms with Gasteiger partial charge in [-0.3, -0.25) is 10.1 Å². The molecule has 0 amide bonds. The van der Waals surface area contributed by atoms with E-state index in [9.17, 15) is 24.0 Å². The van der Waals surface area contributed by atoms with Gasteiger partial charge in [0.05, 0.1) is 22.7 Å². The van der Waals surface area contributed by atoms with Gasteiger partial charge in [-0.15, -0.1) is 0 Å². The first-order chi connectivity index (χ1) is 8.76. The lowest BCUT2D eigenvalue weighted by atomic mass is 10.0. The molecule has 1 aromatic rings. The number of hydrogen-bond donors (Lipinski definition) is 2. The first-order valence-corrected chi connectivity index (χ1v) is 5.86. The third-order valence-corrected chi connectivity index (χ3v) is 2.67. The van der Waals surface area contributed by atoms with Crippen LogP contribution >= 0.6 is 0 Å². The van der Waals surface area contributed by atoms with Crippen LogP contribution in [0.3, 0.4) is 0 Å². The fourth-order valence-corrected chi connectivity index (χ4v) is 1.74. The van der Waals surface area contributed by atoms with Gasteiger partial charge in [0, 0.05) is 6.54 Å². The number of aliphatic hydroxyl groups is 1. The molecular weight excluding hydrogens is 258 g/mol. The molecule has 106 valence electrons. The summed E-state index contributed by atoms with van der Waals surface area (Å²) in [4.78, 5) is 9.56. The number of hydrogen-bond acceptors (Lipinski definition) is 4.